The smallest absolute Gasteiger partial charge is 0.304 e. The van der Waals surface area contributed by atoms with Crippen LogP contribution in [0.2, 0.25) is 0 Å². The van der Waals surface area contributed by atoms with Gasteiger partial charge in [0, 0.05) is 10.0 Å². The standard InChI is InChI=1S/C11H7BrN2O3/c12-7-3-1-2-6(4-7)9(15)8-5-14-11(17-8)10(13)16/h1-5H,(H2,13,16). The van der Waals surface area contributed by atoms with Crippen LogP contribution in [0.5, 0.6) is 0 Å². The van der Waals surface area contributed by atoms with Crippen LogP contribution in [-0.4, -0.2) is 16.7 Å². The van der Waals surface area contributed by atoms with Gasteiger partial charge in [-0.15, -0.1) is 0 Å². The molecule has 17 heavy (non-hydrogen) atoms. The minimum Gasteiger partial charge on any atom is -0.429 e. The van der Waals surface area contributed by atoms with Crippen molar-refractivity contribution in [1.82, 2.24) is 4.98 Å². The largest absolute Gasteiger partial charge is 0.429 e. The van der Waals surface area contributed by atoms with Crippen LogP contribution in [0.15, 0.2) is 39.4 Å². The average molecular weight is 295 g/mol. The normalized spacial score (nSPS) is 10.2. The van der Waals surface area contributed by atoms with E-state index in [2.05, 4.69) is 20.9 Å². The maximum Gasteiger partial charge on any atom is 0.304 e. The lowest BCUT2D eigenvalue weighted by molar-refractivity contribution is 0.0957. The zero-order chi connectivity index (χ0) is 12.4. The quantitative estimate of drug-likeness (QED) is 0.874. The molecule has 86 valence electrons. The van der Waals surface area contributed by atoms with Gasteiger partial charge in [0.25, 0.3) is 5.89 Å². The van der Waals surface area contributed by atoms with Crippen molar-refractivity contribution in [1.29, 1.82) is 0 Å². The van der Waals surface area contributed by atoms with Crippen LogP contribution in [0.25, 0.3) is 0 Å². The molecule has 1 aromatic carbocycles. The van der Waals surface area contributed by atoms with Gasteiger partial charge in [0.1, 0.15) is 0 Å². The highest BCUT2D eigenvalue weighted by Gasteiger charge is 2.17. The molecule has 0 fully saturated rings. The topological polar surface area (TPSA) is 86.2 Å². The Kier molecular flexibility index (Phi) is 3.06. The van der Waals surface area contributed by atoms with E-state index in [1.165, 1.54) is 6.20 Å². The highest BCUT2D eigenvalue weighted by molar-refractivity contribution is 9.10. The van der Waals surface area contributed by atoms with Crippen molar-refractivity contribution >= 4 is 27.6 Å². The molecule has 2 aromatic rings. The number of carbonyl (C=O) groups excluding carboxylic acids is 2. The number of hydrogen-bond acceptors (Lipinski definition) is 4. The molecule has 0 saturated carbocycles. The van der Waals surface area contributed by atoms with E-state index in [0.29, 0.717) is 5.56 Å². The van der Waals surface area contributed by atoms with Crippen molar-refractivity contribution < 1.29 is 14.0 Å². The number of amides is 1. The van der Waals surface area contributed by atoms with Gasteiger partial charge < -0.3 is 10.2 Å². The van der Waals surface area contributed by atoms with Gasteiger partial charge in [0.2, 0.25) is 5.78 Å². The van der Waals surface area contributed by atoms with Crippen LogP contribution in [0.1, 0.15) is 26.8 Å². The molecule has 2 rings (SSSR count). The van der Waals surface area contributed by atoms with E-state index >= 15 is 0 Å². The Labute approximate surface area is 105 Å². The number of ketones is 1. The van der Waals surface area contributed by atoms with Crippen molar-refractivity contribution in [3.63, 3.8) is 0 Å². The summed E-state index contributed by atoms with van der Waals surface area (Å²) in [4.78, 5) is 26.3. The van der Waals surface area contributed by atoms with Crippen molar-refractivity contribution in [3.8, 4) is 0 Å². The summed E-state index contributed by atoms with van der Waals surface area (Å²) in [6.45, 7) is 0. The van der Waals surface area contributed by atoms with E-state index in [1.807, 2.05) is 0 Å². The molecule has 5 nitrogen and oxygen atoms in total. The molecule has 0 spiro atoms. The number of halogens is 1. The monoisotopic (exact) mass is 294 g/mol. The highest BCUT2D eigenvalue weighted by atomic mass is 79.9. The Balaban J connectivity index is 2.34. The van der Waals surface area contributed by atoms with Gasteiger partial charge >= 0.3 is 5.91 Å². The first-order valence-corrected chi connectivity index (χ1v) is 5.43. The predicted molar refractivity (Wildman–Crippen MR) is 62.6 cm³/mol. The number of hydrogen-bond donors (Lipinski definition) is 1. The number of rotatable bonds is 3. The van der Waals surface area contributed by atoms with E-state index < -0.39 is 5.91 Å². The molecule has 0 aliphatic carbocycles. The number of oxazole rings is 1. The predicted octanol–water partition coefficient (Wildman–Crippen LogP) is 1.77. The van der Waals surface area contributed by atoms with Crippen LogP contribution in [0, 0.1) is 0 Å². The van der Waals surface area contributed by atoms with Gasteiger partial charge in [-0.2, -0.15) is 0 Å². The van der Waals surface area contributed by atoms with E-state index in [-0.39, 0.29) is 17.4 Å². The first-order valence-electron chi connectivity index (χ1n) is 4.64. The summed E-state index contributed by atoms with van der Waals surface area (Å²) in [5.41, 5.74) is 5.41. The van der Waals surface area contributed by atoms with E-state index in [0.717, 1.165) is 4.47 Å². The Bertz CT molecular complexity index is 592. The van der Waals surface area contributed by atoms with Gasteiger partial charge in [-0.1, -0.05) is 28.1 Å². The Morgan fingerprint density at radius 2 is 2.12 bits per heavy atom. The third-order valence-electron chi connectivity index (χ3n) is 2.03. The van der Waals surface area contributed by atoms with Gasteiger partial charge in [0.05, 0.1) is 6.20 Å². The summed E-state index contributed by atoms with van der Waals surface area (Å²) in [5.74, 6) is -1.45. The summed E-state index contributed by atoms with van der Waals surface area (Å²) in [6.07, 6.45) is 1.18. The van der Waals surface area contributed by atoms with Gasteiger partial charge in [-0.25, -0.2) is 4.98 Å². The van der Waals surface area contributed by atoms with E-state index in [9.17, 15) is 9.59 Å². The molecule has 0 aliphatic heterocycles. The molecule has 0 atom stereocenters. The Morgan fingerprint density at radius 1 is 1.35 bits per heavy atom. The van der Waals surface area contributed by atoms with Gasteiger partial charge in [0.15, 0.2) is 5.76 Å². The molecule has 6 heteroatoms. The summed E-state index contributed by atoms with van der Waals surface area (Å²) < 4.78 is 5.73. The van der Waals surface area contributed by atoms with Crippen molar-refractivity contribution in [2.45, 2.75) is 0 Å². The van der Waals surface area contributed by atoms with Gasteiger partial charge in [-0.3, -0.25) is 9.59 Å². The molecule has 0 bridgehead atoms. The third-order valence-corrected chi connectivity index (χ3v) is 2.52. The van der Waals surface area contributed by atoms with Crippen LogP contribution < -0.4 is 5.73 Å². The molecule has 1 amide bonds. The van der Waals surface area contributed by atoms with Crippen LogP contribution in [0.3, 0.4) is 0 Å². The summed E-state index contributed by atoms with van der Waals surface area (Å²) >= 11 is 3.26. The molecule has 2 N–H and O–H groups in total. The average Bonchev–Trinajstić information content (AvgIpc) is 2.77. The molecule has 1 heterocycles. The number of aromatic nitrogens is 1. The zero-order valence-electron chi connectivity index (χ0n) is 8.51. The second-order valence-electron chi connectivity index (χ2n) is 3.23. The summed E-state index contributed by atoms with van der Waals surface area (Å²) in [5, 5.41) is 0. The molecule has 0 aliphatic rings. The van der Waals surface area contributed by atoms with Crippen LogP contribution >= 0.6 is 15.9 Å². The van der Waals surface area contributed by atoms with E-state index in [1.54, 1.807) is 24.3 Å². The molecule has 0 saturated heterocycles. The molecular formula is C11H7BrN2O3. The molecule has 1 aromatic heterocycles. The Hall–Kier alpha value is -1.95. The number of nitrogens with two attached hydrogens (primary N) is 1. The maximum absolute atomic E-state index is 11.9. The van der Waals surface area contributed by atoms with E-state index in [4.69, 9.17) is 10.2 Å². The van der Waals surface area contributed by atoms with Crippen LogP contribution in [0.4, 0.5) is 0 Å². The first-order chi connectivity index (χ1) is 8.08. The SMILES string of the molecule is NC(=O)c1ncc(C(=O)c2cccc(Br)c2)o1. The van der Waals surface area contributed by atoms with Crippen LogP contribution in [-0.2, 0) is 0 Å². The number of primary amides is 1. The van der Waals surface area contributed by atoms with Crippen molar-refractivity contribution in [2.75, 3.05) is 0 Å². The van der Waals surface area contributed by atoms with Gasteiger partial charge in [-0.05, 0) is 12.1 Å². The second-order valence-corrected chi connectivity index (χ2v) is 4.15. The number of nitrogens with zero attached hydrogens (tertiary/aromatic N) is 1. The summed E-state index contributed by atoms with van der Waals surface area (Å²) in [6, 6.07) is 6.81. The Morgan fingerprint density at radius 3 is 2.71 bits per heavy atom. The summed E-state index contributed by atoms with van der Waals surface area (Å²) in [7, 11) is 0. The molecule has 0 unspecified atom stereocenters. The fraction of sp³-hybridized carbons (Fsp3) is 0. The van der Waals surface area contributed by atoms with Crippen molar-refractivity contribution in [3.05, 3.63) is 52.1 Å². The minimum absolute atomic E-state index is 0.0168. The molecular weight excluding hydrogens is 288 g/mol. The number of benzene rings is 1. The fourth-order valence-electron chi connectivity index (χ4n) is 1.26. The minimum atomic E-state index is -0.807. The maximum atomic E-state index is 11.9. The zero-order valence-corrected chi connectivity index (χ0v) is 10.1. The lowest BCUT2D eigenvalue weighted by Gasteiger charge is -1.97. The number of carbonyl (C=O) groups is 2. The molecule has 0 radical (unpaired) electrons. The lowest BCUT2D eigenvalue weighted by Crippen LogP contribution is -2.11. The lowest BCUT2D eigenvalue weighted by atomic mass is 10.1. The highest BCUT2D eigenvalue weighted by Crippen LogP contribution is 2.16. The van der Waals surface area contributed by atoms with Crippen molar-refractivity contribution in [2.24, 2.45) is 5.73 Å². The second kappa shape index (κ2) is 4.50. The third kappa shape index (κ3) is 2.42. The first kappa shape index (κ1) is 11.5. The fourth-order valence-corrected chi connectivity index (χ4v) is 1.66.